The van der Waals surface area contributed by atoms with Crippen molar-refractivity contribution in [1.82, 2.24) is 9.55 Å². The van der Waals surface area contributed by atoms with Crippen LogP contribution < -0.4 is 5.56 Å². The molecule has 0 spiro atoms. The average Bonchev–Trinajstić information content (AvgIpc) is 2.62. The summed E-state index contributed by atoms with van der Waals surface area (Å²) in [5.74, 6) is -0.485. The number of H-pyrrole nitrogens is 1. The predicted octanol–water partition coefficient (Wildman–Crippen LogP) is 3.57. The molecule has 0 saturated carbocycles. The molecule has 3 rings (SSSR count). The number of aromatic nitrogens is 2. The highest BCUT2D eigenvalue weighted by molar-refractivity contribution is 7.85. The molecule has 11 heteroatoms. The largest absolute Gasteiger partial charge is 0.492 e. The fraction of sp³-hybridized carbons (Fsp3) is 0.0588. The van der Waals surface area contributed by atoms with E-state index in [4.69, 9.17) is 16.8 Å². The molecule has 9 nitrogen and oxygen atoms in total. The molecule has 0 radical (unpaired) electrons. The topological polar surface area (TPSA) is 137 Å². The second-order valence-corrected chi connectivity index (χ2v) is 7.53. The van der Waals surface area contributed by atoms with Gasteiger partial charge in [0.05, 0.1) is 16.3 Å². The van der Waals surface area contributed by atoms with Gasteiger partial charge in [-0.1, -0.05) is 18.2 Å². The average molecular weight is 418 g/mol. The number of hydrogen-bond acceptors (Lipinski definition) is 7. The number of hydrogen-bond donors (Lipinski definition) is 3. The van der Waals surface area contributed by atoms with Crippen LogP contribution in [0.5, 0.6) is 5.88 Å². The summed E-state index contributed by atoms with van der Waals surface area (Å²) in [6.45, 7) is 1.82. The molecular weight excluding hydrogens is 404 g/mol. The van der Waals surface area contributed by atoms with Crippen molar-refractivity contribution in [2.75, 3.05) is 0 Å². The van der Waals surface area contributed by atoms with Crippen LogP contribution in [0.3, 0.4) is 0 Å². The Morgan fingerprint density at radius 1 is 1.07 bits per heavy atom. The van der Waals surface area contributed by atoms with E-state index in [1.807, 2.05) is 19.1 Å². The van der Waals surface area contributed by atoms with E-state index in [1.54, 1.807) is 12.1 Å². The van der Waals surface area contributed by atoms with Gasteiger partial charge in [0.2, 0.25) is 11.6 Å². The van der Waals surface area contributed by atoms with Crippen molar-refractivity contribution in [2.24, 2.45) is 10.2 Å². The lowest BCUT2D eigenvalue weighted by atomic mass is 10.2. The molecule has 28 heavy (non-hydrogen) atoms. The molecule has 1 aromatic heterocycles. The van der Waals surface area contributed by atoms with Gasteiger partial charge in [-0.25, -0.2) is 0 Å². The lowest BCUT2D eigenvalue weighted by Gasteiger charge is -2.12. The molecule has 144 valence electrons. The summed E-state index contributed by atoms with van der Waals surface area (Å²) in [5.41, 5.74) is 0.484. The molecule has 0 atom stereocenters. The molecule has 3 N–H and O–H groups in total. The first kappa shape index (κ1) is 19.6. The van der Waals surface area contributed by atoms with Gasteiger partial charge in [-0.3, -0.25) is 18.9 Å². The first-order valence-corrected chi connectivity index (χ1v) is 9.67. The van der Waals surface area contributed by atoms with E-state index in [0.29, 0.717) is 5.69 Å². The van der Waals surface area contributed by atoms with Crippen molar-refractivity contribution in [1.29, 1.82) is 0 Å². The van der Waals surface area contributed by atoms with E-state index in [1.165, 1.54) is 16.7 Å². The summed E-state index contributed by atoms with van der Waals surface area (Å²) in [6.07, 6.45) is 0. The molecule has 3 aromatic rings. The van der Waals surface area contributed by atoms with Gasteiger partial charge < -0.3 is 5.11 Å². The van der Waals surface area contributed by atoms with Crippen molar-refractivity contribution in [2.45, 2.75) is 11.8 Å². The zero-order valence-electron chi connectivity index (χ0n) is 14.4. The maximum Gasteiger partial charge on any atom is 0.294 e. The third kappa shape index (κ3) is 3.91. The molecule has 2 aromatic carbocycles. The van der Waals surface area contributed by atoms with E-state index in [0.717, 1.165) is 17.7 Å². The van der Waals surface area contributed by atoms with Gasteiger partial charge in [0.1, 0.15) is 0 Å². The smallest absolute Gasteiger partial charge is 0.294 e. The van der Waals surface area contributed by atoms with E-state index in [-0.39, 0.29) is 21.0 Å². The lowest BCUT2D eigenvalue weighted by molar-refractivity contribution is 0.434. The molecule has 0 aliphatic rings. The molecule has 0 fully saturated rings. The van der Waals surface area contributed by atoms with E-state index < -0.39 is 21.6 Å². The monoisotopic (exact) mass is 418 g/mol. The Hall–Kier alpha value is -3.15. The minimum atomic E-state index is -4.33. The summed E-state index contributed by atoms with van der Waals surface area (Å²) in [4.78, 5) is 14.3. The van der Waals surface area contributed by atoms with Gasteiger partial charge in [0, 0.05) is 0 Å². The Balaban J connectivity index is 2.07. The molecule has 0 aliphatic heterocycles. The zero-order valence-corrected chi connectivity index (χ0v) is 16.0. The lowest BCUT2D eigenvalue weighted by Crippen LogP contribution is -2.13. The summed E-state index contributed by atoms with van der Waals surface area (Å²) in [6, 6.07) is 12.0. The van der Waals surface area contributed by atoms with Gasteiger partial charge in [0.15, 0.2) is 4.77 Å². The van der Waals surface area contributed by atoms with Crippen LogP contribution in [-0.4, -0.2) is 27.6 Å². The predicted molar refractivity (Wildman–Crippen MR) is 104 cm³/mol. The quantitative estimate of drug-likeness (QED) is 0.336. The van der Waals surface area contributed by atoms with Crippen LogP contribution in [-0.2, 0) is 10.1 Å². The van der Waals surface area contributed by atoms with E-state index in [2.05, 4.69) is 15.2 Å². The Kier molecular flexibility index (Phi) is 5.23. The summed E-state index contributed by atoms with van der Waals surface area (Å²) >= 11 is 5.15. The molecule has 0 bridgehead atoms. The van der Waals surface area contributed by atoms with Gasteiger partial charge in [-0.2, -0.15) is 13.5 Å². The number of aromatic hydroxyl groups is 1. The van der Waals surface area contributed by atoms with E-state index >= 15 is 0 Å². The number of benzene rings is 2. The van der Waals surface area contributed by atoms with Crippen molar-refractivity contribution >= 4 is 33.7 Å². The minimum Gasteiger partial charge on any atom is -0.492 e. The molecule has 1 heterocycles. The first-order valence-electron chi connectivity index (χ1n) is 7.82. The second kappa shape index (κ2) is 7.46. The van der Waals surface area contributed by atoms with Crippen molar-refractivity contribution in [3.05, 3.63) is 69.2 Å². The summed E-state index contributed by atoms with van der Waals surface area (Å²) < 4.78 is 32.3. The van der Waals surface area contributed by atoms with E-state index in [9.17, 15) is 18.3 Å². The highest BCUT2D eigenvalue weighted by atomic mass is 32.2. The maximum atomic E-state index is 12.2. The zero-order chi connectivity index (χ0) is 20.5. The Labute approximate surface area is 164 Å². The second-order valence-electron chi connectivity index (χ2n) is 5.72. The van der Waals surface area contributed by atoms with Crippen molar-refractivity contribution in [3.8, 4) is 11.6 Å². The molecular formula is C17H14N4O5S2. The number of nitrogens with one attached hydrogen (secondary N) is 1. The van der Waals surface area contributed by atoms with Gasteiger partial charge in [0.25, 0.3) is 15.7 Å². The summed E-state index contributed by atoms with van der Waals surface area (Å²) in [7, 11) is -4.33. The highest BCUT2D eigenvalue weighted by Crippen LogP contribution is 2.28. The third-order valence-corrected chi connectivity index (χ3v) is 4.97. The number of aromatic amines is 1. The van der Waals surface area contributed by atoms with Crippen molar-refractivity contribution < 1.29 is 18.1 Å². The number of nitrogens with zero attached hydrogens (tertiary/aromatic N) is 3. The maximum absolute atomic E-state index is 12.2. The molecule has 0 unspecified atom stereocenters. The van der Waals surface area contributed by atoms with Crippen LogP contribution >= 0.6 is 12.2 Å². The normalized spacial score (nSPS) is 11.8. The van der Waals surface area contributed by atoms with Gasteiger partial charge in [-0.05, 0) is 55.0 Å². The minimum absolute atomic E-state index is 0.00625. The van der Waals surface area contributed by atoms with Crippen molar-refractivity contribution in [3.63, 3.8) is 0 Å². The number of aryl methyl sites for hydroxylation is 1. The Morgan fingerprint density at radius 3 is 2.32 bits per heavy atom. The number of azo groups is 1. The molecule has 0 amide bonds. The van der Waals surface area contributed by atoms with Gasteiger partial charge >= 0.3 is 0 Å². The SMILES string of the molecule is Cc1ccccc1-n1c(O)c(N=Nc2ccc(S(=O)(=O)O)cc2)c(=O)[nH]c1=S. The standard InChI is InChI=1S/C17H14N4O5S2/c1-10-4-2-3-5-13(10)21-16(23)14(15(22)18-17(21)27)20-19-11-6-8-12(9-7-11)28(24,25)26/h2-9,23H,1H3,(H,18,22,27)(H,24,25,26). The Bertz CT molecular complexity index is 1290. The van der Waals surface area contributed by atoms with Crippen LogP contribution in [0.2, 0.25) is 0 Å². The fourth-order valence-corrected chi connectivity index (χ4v) is 3.19. The molecule has 0 aliphatic carbocycles. The number of para-hydroxylation sites is 1. The summed E-state index contributed by atoms with van der Waals surface area (Å²) in [5, 5.41) is 18.2. The molecule has 0 saturated heterocycles. The van der Waals surface area contributed by atoms with Crippen LogP contribution in [0.25, 0.3) is 5.69 Å². The van der Waals surface area contributed by atoms with Gasteiger partial charge in [-0.15, -0.1) is 5.11 Å². The van der Waals surface area contributed by atoms with Crippen LogP contribution in [0.15, 0.2) is 68.4 Å². The van der Waals surface area contributed by atoms with Crippen LogP contribution in [0.1, 0.15) is 5.56 Å². The number of rotatable bonds is 4. The Morgan fingerprint density at radius 2 is 1.71 bits per heavy atom. The fourth-order valence-electron chi connectivity index (χ4n) is 2.44. The third-order valence-electron chi connectivity index (χ3n) is 3.82. The van der Waals surface area contributed by atoms with Crippen LogP contribution in [0, 0.1) is 11.7 Å². The first-order chi connectivity index (χ1) is 13.2. The highest BCUT2D eigenvalue weighted by Gasteiger charge is 2.15. The van der Waals surface area contributed by atoms with Crippen LogP contribution in [0.4, 0.5) is 11.4 Å².